The van der Waals surface area contributed by atoms with Gasteiger partial charge in [-0.2, -0.15) is 0 Å². The topological polar surface area (TPSA) is 102 Å². The molecule has 2 rings (SSSR count). The van der Waals surface area contributed by atoms with Crippen molar-refractivity contribution in [3.8, 4) is 0 Å². The monoisotopic (exact) mass is 278 g/mol. The summed E-state index contributed by atoms with van der Waals surface area (Å²) in [6.07, 6.45) is 3.29. The van der Waals surface area contributed by atoms with Crippen molar-refractivity contribution in [2.45, 2.75) is 31.8 Å². The average molecular weight is 278 g/mol. The third-order valence-electron chi connectivity index (χ3n) is 3.29. The predicted octanol–water partition coefficient (Wildman–Crippen LogP) is 1.86. The molecule has 6 nitrogen and oxygen atoms in total. The molecule has 1 fully saturated rings. The Balaban J connectivity index is 1.88. The minimum Gasteiger partial charge on any atom is -0.478 e. The predicted molar refractivity (Wildman–Crippen MR) is 74.7 cm³/mol. The minimum atomic E-state index is -1.05. The van der Waals surface area contributed by atoms with Crippen molar-refractivity contribution in [2.75, 3.05) is 17.7 Å². The lowest BCUT2D eigenvalue weighted by Gasteiger charge is -2.11. The van der Waals surface area contributed by atoms with Crippen LogP contribution in [0.15, 0.2) is 18.2 Å². The minimum absolute atomic E-state index is 0.0971. The van der Waals surface area contributed by atoms with Crippen molar-refractivity contribution in [3.63, 3.8) is 0 Å². The molecule has 108 valence electrons. The van der Waals surface area contributed by atoms with Crippen molar-refractivity contribution in [2.24, 2.45) is 0 Å². The molecule has 1 atom stereocenters. The number of ether oxygens (including phenoxy) is 1. The van der Waals surface area contributed by atoms with Crippen LogP contribution in [0.5, 0.6) is 0 Å². The summed E-state index contributed by atoms with van der Waals surface area (Å²) in [6.45, 7) is 0.774. The van der Waals surface area contributed by atoms with E-state index in [9.17, 15) is 9.59 Å². The quantitative estimate of drug-likeness (QED) is 0.714. The number of hydrogen-bond acceptors (Lipinski definition) is 4. The fraction of sp³-hybridized carbons (Fsp3) is 0.429. The van der Waals surface area contributed by atoms with Crippen LogP contribution in [0, 0.1) is 0 Å². The summed E-state index contributed by atoms with van der Waals surface area (Å²) < 4.78 is 5.45. The molecule has 1 aliphatic rings. The van der Waals surface area contributed by atoms with E-state index in [2.05, 4.69) is 5.32 Å². The van der Waals surface area contributed by atoms with E-state index in [0.717, 1.165) is 19.4 Å². The fourth-order valence-electron chi connectivity index (χ4n) is 2.19. The molecule has 1 aromatic rings. The van der Waals surface area contributed by atoms with Crippen LogP contribution in [0.3, 0.4) is 0 Å². The molecule has 1 heterocycles. The second kappa shape index (κ2) is 6.38. The van der Waals surface area contributed by atoms with Gasteiger partial charge in [-0.1, -0.05) is 0 Å². The van der Waals surface area contributed by atoms with Gasteiger partial charge in [0.15, 0.2) is 0 Å². The summed E-state index contributed by atoms with van der Waals surface area (Å²) in [7, 11) is 0. The summed E-state index contributed by atoms with van der Waals surface area (Å²) in [6, 6.07) is 4.25. The molecule has 1 amide bonds. The van der Waals surface area contributed by atoms with Gasteiger partial charge in [-0.05, 0) is 37.5 Å². The number of carboxylic acids is 1. The van der Waals surface area contributed by atoms with Gasteiger partial charge in [0.25, 0.3) is 0 Å². The fourth-order valence-corrected chi connectivity index (χ4v) is 2.19. The molecular formula is C14H18N2O4. The zero-order valence-corrected chi connectivity index (χ0v) is 11.1. The van der Waals surface area contributed by atoms with Gasteiger partial charge in [-0.25, -0.2) is 4.79 Å². The third kappa shape index (κ3) is 3.71. The number of rotatable bonds is 5. The molecule has 0 bridgehead atoms. The summed E-state index contributed by atoms with van der Waals surface area (Å²) in [5.41, 5.74) is 6.50. The van der Waals surface area contributed by atoms with Gasteiger partial charge in [0, 0.05) is 13.0 Å². The lowest BCUT2D eigenvalue weighted by atomic mass is 10.1. The number of hydrogen-bond donors (Lipinski definition) is 3. The van der Waals surface area contributed by atoms with Gasteiger partial charge in [0.05, 0.1) is 23.0 Å². The first-order chi connectivity index (χ1) is 9.56. The van der Waals surface area contributed by atoms with Crippen LogP contribution in [-0.4, -0.2) is 29.7 Å². The van der Waals surface area contributed by atoms with E-state index >= 15 is 0 Å². The Bertz CT molecular complexity index is 510. The van der Waals surface area contributed by atoms with Crippen LogP contribution < -0.4 is 11.1 Å². The Morgan fingerprint density at radius 3 is 2.85 bits per heavy atom. The maximum Gasteiger partial charge on any atom is 0.335 e. The van der Waals surface area contributed by atoms with Crippen LogP contribution in [0.1, 0.15) is 36.0 Å². The Morgan fingerprint density at radius 2 is 2.25 bits per heavy atom. The van der Waals surface area contributed by atoms with Gasteiger partial charge in [0.2, 0.25) is 5.91 Å². The molecule has 0 saturated carbocycles. The summed E-state index contributed by atoms with van der Waals surface area (Å²) in [5, 5.41) is 11.5. The number of benzene rings is 1. The van der Waals surface area contributed by atoms with Crippen LogP contribution in [-0.2, 0) is 9.53 Å². The molecule has 1 saturated heterocycles. The number of nitrogens with one attached hydrogen (secondary N) is 1. The first kappa shape index (κ1) is 14.3. The normalized spacial score (nSPS) is 17.9. The van der Waals surface area contributed by atoms with Crippen LogP contribution in [0.25, 0.3) is 0 Å². The summed E-state index contributed by atoms with van der Waals surface area (Å²) in [4.78, 5) is 22.6. The van der Waals surface area contributed by atoms with Crippen molar-refractivity contribution in [1.29, 1.82) is 0 Å². The highest BCUT2D eigenvalue weighted by Gasteiger charge is 2.17. The first-order valence-corrected chi connectivity index (χ1v) is 6.60. The molecule has 0 radical (unpaired) electrons. The van der Waals surface area contributed by atoms with Crippen molar-refractivity contribution < 1.29 is 19.4 Å². The molecule has 4 N–H and O–H groups in total. The van der Waals surface area contributed by atoms with E-state index in [1.807, 2.05) is 0 Å². The number of amides is 1. The summed E-state index contributed by atoms with van der Waals surface area (Å²) in [5.74, 6) is -1.19. The van der Waals surface area contributed by atoms with Crippen molar-refractivity contribution >= 4 is 23.3 Å². The number of nitrogens with two attached hydrogens (primary N) is 1. The average Bonchev–Trinajstić information content (AvgIpc) is 2.91. The standard InChI is InChI=1S/C14H18N2O4/c15-11-8-9(14(18)19)3-5-12(11)16-13(17)6-4-10-2-1-7-20-10/h3,5,8,10H,1-2,4,6-7,15H2,(H,16,17)(H,18,19). The highest BCUT2D eigenvalue weighted by molar-refractivity contribution is 5.96. The Labute approximate surface area is 116 Å². The lowest BCUT2D eigenvalue weighted by molar-refractivity contribution is -0.116. The smallest absolute Gasteiger partial charge is 0.335 e. The molecule has 1 aromatic carbocycles. The maximum atomic E-state index is 11.8. The number of anilines is 2. The molecule has 0 aromatic heterocycles. The van der Waals surface area contributed by atoms with Gasteiger partial charge in [-0.15, -0.1) is 0 Å². The number of carbonyl (C=O) groups is 2. The highest BCUT2D eigenvalue weighted by atomic mass is 16.5. The molecule has 0 aliphatic carbocycles. The van der Waals surface area contributed by atoms with Crippen molar-refractivity contribution in [3.05, 3.63) is 23.8 Å². The van der Waals surface area contributed by atoms with Gasteiger partial charge in [-0.3, -0.25) is 4.79 Å². The van der Waals surface area contributed by atoms with Crippen LogP contribution in [0.2, 0.25) is 0 Å². The van der Waals surface area contributed by atoms with Gasteiger partial charge >= 0.3 is 5.97 Å². The first-order valence-electron chi connectivity index (χ1n) is 6.60. The summed E-state index contributed by atoms with van der Waals surface area (Å²) >= 11 is 0. The SMILES string of the molecule is Nc1cc(C(=O)O)ccc1NC(=O)CCC1CCCO1. The zero-order chi connectivity index (χ0) is 14.5. The van der Waals surface area contributed by atoms with E-state index < -0.39 is 5.97 Å². The third-order valence-corrected chi connectivity index (χ3v) is 3.29. The van der Waals surface area contributed by atoms with E-state index in [-0.39, 0.29) is 23.3 Å². The number of aromatic carboxylic acids is 1. The van der Waals surface area contributed by atoms with E-state index in [1.165, 1.54) is 18.2 Å². The number of nitrogen functional groups attached to an aromatic ring is 1. The molecule has 20 heavy (non-hydrogen) atoms. The maximum absolute atomic E-state index is 11.8. The lowest BCUT2D eigenvalue weighted by Crippen LogP contribution is -2.16. The molecule has 1 aliphatic heterocycles. The molecule has 1 unspecified atom stereocenters. The van der Waals surface area contributed by atoms with Crippen LogP contribution in [0.4, 0.5) is 11.4 Å². The van der Waals surface area contributed by atoms with Gasteiger partial charge < -0.3 is 20.9 Å². The zero-order valence-electron chi connectivity index (χ0n) is 11.1. The largest absolute Gasteiger partial charge is 0.478 e. The highest BCUT2D eigenvalue weighted by Crippen LogP contribution is 2.21. The molecule has 0 spiro atoms. The van der Waals surface area contributed by atoms with Gasteiger partial charge in [0.1, 0.15) is 0 Å². The second-order valence-electron chi connectivity index (χ2n) is 4.83. The van der Waals surface area contributed by atoms with Crippen molar-refractivity contribution in [1.82, 2.24) is 0 Å². The van der Waals surface area contributed by atoms with E-state index in [4.69, 9.17) is 15.6 Å². The Morgan fingerprint density at radius 1 is 1.45 bits per heavy atom. The second-order valence-corrected chi connectivity index (χ2v) is 4.83. The Kier molecular flexibility index (Phi) is 4.57. The molecular weight excluding hydrogens is 260 g/mol. The number of carbonyl (C=O) groups excluding carboxylic acids is 1. The van der Waals surface area contributed by atoms with E-state index in [0.29, 0.717) is 18.5 Å². The van der Waals surface area contributed by atoms with Crippen LogP contribution >= 0.6 is 0 Å². The Hall–Kier alpha value is -2.08. The molecule has 6 heteroatoms. The number of carboxylic acid groups (broad SMARTS) is 1. The van der Waals surface area contributed by atoms with E-state index in [1.54, 1.807) is 0 Å².